The van der Waals surface area contributed by atoms with Gasteiger partial charge in [-0.15, -0.1) is 0 Å². The summed E-state index contributed by atoms with van der Waals surface area (Å²) in [4.78, 5) is 39.9. The number of amides is 2. The highest BCUT2D eigenvalue weighted by molar-refractivity contribution is 6.00. The molecule has 9 heteroatoms. The van der Waals surface area contributed by atoms with E-state index in [4.69, 9.17) is 0 Å². The van der Waals surface area contributed by atoms with Crippen LogP contribution in [0.4, 0.5) is 8.78 Å². The molecule has 5 rings (SSSR count). The summed E-state index contributed by atoms with van der Waals surface area (Å²) in [6.07, 6.45) is 4.60. The number of nitrogens with zero attached hydrogens (tertiary/aromatic N) is 2. The van der Waals surface area contributed by atoms with E-state index in [1.54, 1.807) is 9.47 Å². The molecule has 1 aromatic heterocycles. The van der Waals surface area contributed by atoms with E-state index in [9.17, 15) is 28.3 Å². The van der Waals surface area contributed by atoms with E-state index in [2.05, 4.69) is 5.32 Å². The van der Waals surface area contributed by atoms with Crippen LogP contribution < -0.4 is 10.7 Å². The lowest BCUT2D eigenvalue weighted by molar-refractivity contribution is 0.0668. The molecule has 2 amide bonds. The second kappa shape index (κ2) is 6.38. The molecule has 2 aliphatic heterocycles. The van der Waals surface area contributed by atoms with Gasteiger partial charge in [0, 0.05) is 30.9 Å². The first-order valence-corrected chi connectivity index (χ1v) is 9.86. The van der Waals surface area contributed by atoms with Crippen LogP contribution in [0.3, 0.4) is 0 Å². The number of benzene rings is 1. The Balaban J connectivity index is 1.50. The Morgan fingerprint density at radius 2 is 2.07 bits per heavy atom. The van der Waals surface area contributed by atoms with E-state index < -0.39 is 40.2 Å². The molecule has 1 aromatic carbocycles. The zero-order valence-corrected chi connectivity index (χ0v) is 16.0. The van der Waals surface area contributed by atoms with Crippen LogP contribution in [0.15, 0.2) is 29.2 Å². The summed E-state index contributed by atoms with van der Waals surface area (Å²) in [5, 5.41) is 13.0. The van der Waals surface area contributed by atoms with E-state index in [0.717, 1.165) is 31.7 Å². The van der Waals surface area contributed by atoms with Gasteiger partial charge in [0.2, 0.25) is 5.43 Å². The molecule has 1 saturated heterocycles. The number of aromatic hydroxyl groups is 1. The Bertz CT molecular complexity index is 1160. The summed E-state index contributed by atoms with van der Waals surface area (Å²) in [6.45, 7) is 0.331. The molecule has 2 fully saturated rings. The number of pyridine rings is 1. The van der Waals surface area contributed by atoms with Crippen molar-refractivity contribution in [1.82, 2.24) is 14.8 Å². The van der Waals surface area contributed by atoms with Gasteiger partial charge in [0.15, 0.2) is 11.4 Å². The third-order valence-corrected chi connectivity index (χ3v) is 6.47. The molecule has 7 nitrogen and oxygen atoms in total. The van der Waals surface area contributed by atoms with Crippen LogP contribution >= 0.6 is 0 Å². The van der Waals surface area contributed by atoms with Crippen molar-refractivity contribution in [2.75, 3.05) is 6.54 Å². The van der Waals surface area contributed by atoms with Gasteiger partial charge in [-0.25, -0.2) is 8.78 Å². The van der Waals surface area contributed by atoms with E-state index in [0.29, 0.717) is 12.6 Å². The SMILES string of the molecule is O=C(NCc1ccc(F)cc1F)c1cn2c(c(O)c1=O)C(=O)N1CCCC[C@]23CC13. The van der Waals surface area contributed by atoms with Gasteiger partial charge >= 0.3 is 0 Å². The van der Waals surface area contributed by atoms with Crippen molar-refractivity contribution in [3.05, 3.63) is 63.1 Å². The number of rotatable bonds is 3. The predicted molar refractivity (Wildman–Crippen MR) is 101 cm³/mol. The van der Waals surface area contributed by atoms with Crippen molar-refractivity contribution in [3.63, 3.8) is 0 Å². The van der Waals surface area contributed by atoms with E-state index in [1.165, 1.54) is 12.3 Å². The summed E-state index contributed by atoms with van der Waals surface area (Å²) in [6, 6.07) is 2.98. The highest BCUT2D eigenvalue weighted by atomic mass is 19.1. The van der Waals surface area contributed by atoms with Crippen LogP contribution in [-0.2, 0) is 12.1 Å². The first kappa shape index (κ1) is 18.8. The highest BCUT2D eigenvalue weighted by Crippen LogP contribution is 2.56. The van der Waals surface area contributed by atoms with Gasteiger partial charge in [-0.1, -0.05) is 6.07 Å². The minimum Gasteiger partial charge on any atom is -0.503 e. The Morgan fingerprint density at radius 3 is 2.83 bits per heavy atom. The molecule has 30 heavy (non-hydrogen) atoms. The molecule has 2 bridgehead atoms. The molecule has 1 unspecified atom stereocenters. The molecular weight excluding hydrogens is 396 g/mol. The average molecular weight is 415 g/mol. The summed E-state index contributed by atoms with van der Waals surface area (Å²) in [5.74, 6) is -3.49. The maximum Gasteiger partial charge on any atom is 0.274 e. The molecule has 2 N–H and O–H groups in total. The molecule has 0 radical (unpaired) electrons. The molecule has 3 aliphatic rings. The van der Waals surface area contributed by atoms with Gasteiger partial charge in [-0.2, -0.15) is 0 Å². The zero-order valence-electron chi connectivity index (χ0n) is 16.0. The number of halogens is 2. The topological polar surface area (TPSA) is 91.6 Å². The van der Waals surface area contributed by atoms with E-state index in [-0.39, 0.29) is 29.4 Å². The summed E-state index contributed by atoms with van der Waals surface area (Å²) in [7, 11) is 0. The fraction of sp³-hybridized carbons (Fsp3) is 0.381. The Kier molecular flexibility index (Phi) is 4.00. The minimum absolute atomic E-state index is 0.00567. The van der Waals surface area contributed by atoms with E-state index in [1.807, 2.05) is 0 Å². The lowest BCUT2D eigenvalue weighted by atomic mass is 10.0. The third-order valence-electron chi connectivity index (χ3n) is 6.47. The van der Waals surface area contributed by atoms with Crippen molar-refractivity contribution < 1.29 is 23.5 Å². The number of hydrogen-bond donors (Lipinski definition) is 2. The first-order valence-electron chi connectivity index (χ1n) is 9.86. The molecule has 1 aliphatic carbocycles. The maximum atomic E-state index is 13.8. The van der Waals surface area contributed by atoms with Gasteiger partial charge in [-0.05, 0) is 31.7 Å². The molecule has 2 aromatic rings. The number of hydrogen-bond acceptors (Lipinski definition) is 4. The Labute approximate surface area is 169 Å². The van der Waals surface area contributed by atoms with Crippen LogP contribution in [0.1, 0.15) is 52.1 Å². The molecule has 3 heterocycles. The Morgan fingerprint density at radius 1 is 1.27 bits per heavy atom. The molecule has 2 atom stereocenters. The molecule has 0 spiro atoms. The smallest absolute Gasteiger partial charge is 0.274 e. The van der Waals surface area contributed by atoms with Gasteiger partial charge < -0.3 is 19.9 Å². The maximum absolute atomic E-state index is 13.8. The summed E-state index contributed by atoms with van der Waals surface area (Å²) in [5.41, 5.74) is -1.67. The number of aromatic nitrogens is 1. The van der Waals surface area contributed by atoms with Gasteiger partial charge in [0.25, 0.3) is 11.8 Å². The van der Waals surface area contributed by atoms with Crippen molar-refractivity contribution in [2.45, 2.75) is 43.8 Å². The lowest BCUT2D eigenvalue weighted by Crippen LogP contribution is -2.46. The normalized spacial score (nSPS) is 24.0. The molecule has 1 saturated carbocycles. The van der Waals surface area contributed by atoms with Crippen LogP contribution in [0, 0.1) is 11.6 Å². The monoisotopic (exact) mass is 415 g/mol. The second-order valence-electron chi connectivity index (χ2n) is 8.14. The van der Waals surface area contributed by atoms with Crippen LogP contribution in [0.2, 0.25) is 0 Å². The largest absolute Gasteiger partial charge is 0.503 e. The zero-order chi connectivity index (χ0) is 21.2. The third kappa shape index (κ3) is 2.57. The van der Waals surface area contributed by atoms with E-state index >= 15 is 0 Å². The quantitative estimate of drug-likeness (QED) is 0.801. The van der Waals surface area contributed by atoms with Crippen molar-refractivity contribution in [1.29, 1.82) is 0 Å². The standard InChI is InChI=1S/C21H19F2N3O4/c22-12-4-3-11(14(23)7-12)9-24-19(29)13-10-26-16(18(28)17(13)27)20(30)25-6-2-1-5-21(26)8-15(21)25/h3-4,7,10,15,28H,1-2,5-6,8-9H2,(H,24,29)/t15?,21-/m1/s1. The fourth-order valence-corrected chi connectivity index (χ4v) is 4.83. The van der Waals surface area contributed by atoms with Crippen molar-refractivity contribution in [3.8, 4) is 5.75 Å². The predicted octanol–water partition coefficient (Wildman–Crippen LogP) is 1.87. The number of fused-ring (bicyclic) bond motifs is 1. The van der Waals surface area contributed by atoms with Crippen LogP contribution in [0.5, 0.6) is 5.75 Å². The number of nitrogens with one attached hydrogen (secondary N) is 1. The average Bonchev–Trinajstić information content (AvgIpc) is 3.44. The number of carbonyl (C=O) groups excluding carboxylic acids is 2. The summed E-state index contributed by atoms with van der Waals surface area (Å²) < 4.78 is 28.5. The van der Waals surface area contributed by atoms with Gasteiger partial charge in [0.1, 0.15) is 17.2 Å². The fourth-order valence-electron chi connectivity index (χ4n) is 4.83. The van der Waals surface area contributed by atoms with Gasteiger partial charge in [0.05, 0.1) is 11.6 Å². The first-order chi connectivity index (χ1) is 14.3. The highest BCUT2D eigenvalue weighted by Gasteiger charge is 2.64. The van der Waals surface area contributed by atoms with Crippen molar-refractivity contribution in [2.24, 2.45) is 0 Å². The number of carbonyl (C=O) groups is 2. The van der Waals surface area contributed by atoms with Crippen LogP contribution in [0.25, 0.3) is 0 Å². The Hall–Kier alpha value is -3.23. The minimum atomic E-state index is -0.944. The lowest BCUT2D eigenvalue weighted by Gasteiger charge is -2.34. The van der Waals surface area contributed by atoms with Crippen LogP contribution in [-0.4, -0.2) is 39.0 Å². The molecule has 156 valence electrons. The van der Waals surface area contributed by atoms with Crippen molar-refractivity contribution >= 4 is 11.8 Å². The molecular formula is C21H19F2N3O4. The second-order valence-corrected chi connectivity index (χ2v) is 8.14. The summed E-state index contributed by atoms with van der Waals surface area (Å²) >= 11 is 0. The van der Waals surface area contributed by atoms with Gasteiger partial charge in [-0.3, -0.25) is 14.4 Å².